The van der Waals surface area contributed by atoms with Crippen molar-refractivity contribution < 1.29 is 28.6 Å². The summed E-state index contributed by atoms with van der Waals surface area (Å²) in [6.07, 6.45) is 89.5. The van der Waals surface area contributed by atoms with Crippen molar-refractivity contribution in [1.82, 2.24) is 0 Å². The summed E-state index contributed by atoms with van der Waals surface area (Å²) < 4.78 is 16.8. The van der Waals surface area contributed by atoms with Crippen LogP contribution in [0.25, 0.3) is 0 Å². The van der Waals surface area contributed by atoms with Gasteiger partial charge in [0.2, 0.25) is 0 Å². The lowest BCUT2D eigenvalue weighted by Gasteiger charge is -2.18. The summed E-state index contributed by atoms with van der Waals surface area (Å²) in [5.41, 5.74) is 0. The van der Waals surface area contributed by atoms with E-state index in [1.807, 2.05) is 0 Å². The van der Waals surface area contributed by atoms with Crippen LogP contribution < -0.4 is 0 Å². The van der Waals surface area contributed by atoms with Gasteiger partial charge in [-0.2, -0.15) is 0 Å². The zero-order valence-corrected chi connectivity index (χ0v) is 48.0. The second kappa shape index (κ2) is 61.6. The molecule has 0 fully saturated rings. The molecule has 1 atom stereocenters. The van der Waals surface area contributed by atoms with Gasteiger partial charge in [0.05, 0.1) is 0 Å². The standard InChI is InChI=1S/C69H108O6/c1-4-7-10-13-16-19-22-25-27-28-29-30-31-32-33-34-35-36-37-38-39-40-42-44-47-50-53-56-59-62-68(71)74-65-66(64-73-67(70)61-58-55-52-49-46-43-24-21-18-15-12-9-6-3)75-69(72)63-60-57-54-51-48-45-41-26-23-20-17-14-11-8-5-2/h7-8,10-12,15-17,19-21,24-27,29-30,32-33,35-36,38-39,41-42,44,66H,4-6,9,13-14,18,22-23,28,31,34,37,40,43,45-65H2,1-3H3/b10-7-,11-8-,15-12-,19-16-,20-17-,24-21-,27-25-,30-29-,33-32-,36-35-,39-38-,41-26-,44-42-. The van der Waals surface area contributed by atoms with Gasteiger partial charge in [-0.25, -0.2) is 0 Å². The van der Waals surface area contributed by atoms with E-state index in [0.29, 0.717) is 19.3 Å². The largest absolute Gasteiger partial charge is 0.462 e. The summed E-state index contributed by atoms with van der Waals surface area (Å²) in [4.78, 5) is 38.2. The third-order valence-corrected chi connectivity index (χ3v) is 12.0. The Labute approximate surface area is 460 Å². The van der Waals surface area contributed by atoms with E-state index in [1.165, 1.54) is 6.42 Å². The molecular formula is C69H108O6. The Morgan fingerprint density at radius 3 is 0.813 bits per heavy atom. The van der Waals surface area contributed by atoms with Crippen molar-refractivity contribution >= 4 is 17.9 Å². The zero-order chi connectivity index (χ0) is 54.3. The Morgan fingerprint density at radius 1 is 0.280 bits per heavy atom. The maximum atomic E-state index is 12.9. The molecule has 0 aromatic heterocycles. The van der Waals surface area contributed by atoms with E-state index >= 15 is 0 Å². The third kappa shape index (κ3) is 59.8. The van der Waals surface area contributed by atoms with Crippen LogP contribution in [0.5, 0.6) is 0 Å². The van der Waals surface area contributed by atoms with Crippen molar-refractivity contribution in [2.75, 3.05) is 13.2 Å². The third-order valence-electron chi connectivity index (χ3n) is 12.0. The van der Waals surface area contributed by atoms with E-state index in [1.54, 1.807) is 0 Å². The van der Waals surface area contributed by atoms with Crippen LogP contribution in [0.3, 0.4) is 0 Å². The molecular weight excluding hydrogens is 925 g/mol. The number of allylic oxidation sites excluding steroid dienone is 26. The summed E-state index contributed by atoms with van der Waals surface area (Å²) in [6, 6.07) is 0. The van der Waals surface area contributed by atoms with E-state index in [0.717, 1.165) is 193 Å². The smallest absolute Gasteiger partial charge is 0.306 e. The highest BCUT2D eigenvalue weighted by Gasteiger charge is 2.19. The molecule has 0 heterocycles. The average molecular weight is 1030 g/mol. The minimum Gasteiger partial charge on any atom is -0.462 e. The first-order valence-electron chi connectivity index (χ1n) is 30.0. The summed E-state index contributed by atoms with van der Waals surface area (Å²) in [5, 5.41) is 0. The van der Waals surface area contributed by atoms with Gasteiger partial charge in [0.1, 0.15) is 13.2 Å². The van der Waals surface area contributed by atoms with E-state index in [4.69, 9.17) is 14.2 Å². The molecule has 0 aliphatic carbocycles. The average Bonchev–Trinajstić information content (AvgIpc) is 3.41. The second-order valence-electron chi connectivity index (χ2n) is 19.1. The predicted octanol–water partition coefficient (Wildman–Crippen LogP) is 20.5. The van der Waals surface area contributed by atoms with Gasteiger partial charge in [-0.3, -0.25) is 14.4 Å². The molecule has 0 saturated carbocycles. The van der Waals surface area contributed by atoms with Gasteiger partial charge in [-0.15, -0.1) is 0 Å². The fourth-order valence-electron chi connectivity index (χ4n) is 7.57. The number of rotatable bonds is 52. The van der Waals surface area contributed by atoms with Crippen LogP contribution >= 0.6 is 0 Å². The van der Waals surface area contributed by atoms with Crippen molar-refractivity contribution in [2.24, 2.45) is 0 Å². The number of carbonyl (C=O) groups is 3. The van der Waals surface area contributed by atoms with Crippen molar-refractivity contribution in [2.45, 2.75) is 245 Å². The molecule has 0 saturated heterocycles. The molecule has 6 nitrogen and oxygen atoms in total. The Hall–Kier alpha value is -4.97. The lowest BCUT2D eigenvalue weighted by atomic mass is 10.1. The van der Waals surface area contributed by atoms with Crippen LogP contribution in [-0.2, 0) is 28.6 Å². The van der Waals surface area contributed by atoms with Crippen LogP contribution in [0.2, 0.25) is 0 Å². The monoisotopic (exact) mass is 1030 g/mol. The van der Waals surface area contributed by atoms with Gasteiger partial charge >= 0.3 is 17.9 Å². The maximum Gasteiger partial charge on any atom is 0.306 e. The summed E-state index contributed by atoms with van der Waals surface area (Å²) in [6.45, 7) is 6.28. The topological polar surface area (TPSA) is 78.9 Å². The number of unbranched alkanes of at least 4 members (excludes halogenated alkanes) is 15. The van der Waals surface area contributed by atoms with Crippen LogP contribution in [0.15, 0.2) is 158 Å². The number of ether oxygens (including phenoxy) is 3. The summed E-state index contributed by atoms with van der Waals surface area (Å²) in [7, 11) is 0. The first-order valence-corrected chi connectivity index (χ1v) is 30.0. The highest BCUT2D eigenvalue weighted by molar-refractivity contribution is 5.71. The molecule has 0 aromatic rings. The number of carbonyl (C=O) groups excluding carboxylic acids is 3. The second-order valence-corrected chi connectivity index (χ2v) is 19.1. The highest BCUT2D eigenvalue weighted by Crippen LogP contribution is 2.13. The van der Waals surface area contributed by atoms with Gasteiger partial charge in [-0.1, -0.05) is 237 Å². The highest BCUT2D eigenvalue weighted by atomic mass is 16.6. The molecule has 0 radical (unpaired) electrons. The van der Waals surface area contributed by atoms with Crippen molar-refractivity contribution in [1.29, 1.82) is 0 Å². The van der Waals surface area contributed by atoms with Crippen LogP contribution in [0.4, 0.5) is 0 Å². The van der Waals surface area contributed by atoms with Gasteiger partial charge in [0.15, 0.2) is 6.10 Å². The first kappa shape index (κ1) is 70.0. The maximum absolute atomic E-state index is 12.9. The van der Waals surface area contributed by atoms with Crippen LogP contribution in [0.1, 0.15) is 239 Å². The molecule has 0 aliphatic heterocycles. The molecule has 0 aromatic carbocycles. The van der Waals surface area contributed by atoms with Gasteiger partial charge in [0, 0.05) is 19.3 Å². The van der Waals surface area contributed by atoms with Gasteiger partial charge in [-0.05, 0) is 141 Å². The number of hydrogen-bond donors (Lipinski definition) is 0. The zero-order valence-electron chi connectivity index (χ0n) is 48.0. The lowest BCUT2D eigenvalue weighted by molar-refractivity contribution is -0.167. The molecule has 75 heavy (non-hydrogen) atoms. The first-order chi connectivity index (χ1) is 37.0. The Morgan fingerprint density at radius 2 is 0.520 bits per heavy atom. The number of hydrogen-bond acceptors (Lipinski definition) is 6. The SMILES string of the molecule is CC/C=C\C/C=C\C/C=C\C/C=C\C/C=C\C/C=C\C/C=C\C/C=C\CCCCCCC(=O)OCC(COC(=O)CCCCCCC/C=C\C/C=C\CCC)OC(=O)CCCCCCC/C=C\C/C=C\C/C=C\CC. The number of esters is 3. The molecule has 0 bridgehead atoms. The van der Waals surface area contributed by atoms with Crippen LogP contribution in [0, 0.1) is 0 Å². The van der Waals surface area contributed by atoms with Crippen LogP contribution in [-0.4, -0.2) is 37.2 Å². The van der Waals surface area contributed by atoms with Crippen molar-refractivity contribution in [3.05, 3.63) is 158 Å². The molecule has 420 valence electrons. The Bertz CT molecular complexity index is 1710. The Balaban J connectivity index is 4.41. The molecule has 0 rings (SSSR count). The van der Waals surface area contributed by atoms with E-state index in [9.17, 15) is 14.4 Å². The molecule has 6 heteroatoms. The van der Waals surface area contributed by atoms with Crippen molar-refractivity contribution in [3.8, 4) is 0 Å². The minimum atomic E-state index is -0.812. The molecule has 1 unspecified atom stereocenters. The fourth-order valence-corrected chi connectivity index (χ4v) is 7.57. The molecule has 0 amide bonds. The quantitative estimate of drug-likeness (QED) is 0.0261. The van der Waals surface area contributed by atoms with Crippen molar-refractivity contribution in [3.63, 3.8) is 0 Å². The van der Waals surface area contributed by atoms with Gasteiger partial charge < -0.3 is 14.2 Å². The van der Waals surface area contributed by atoms with E-state index in [-0.39, 0.29) is 31.1 Å². The predicted molar refractivity (Wildman–Crippen MR) is 325 cm³/mol. The fraction of sp³-hybridized carbons (Fsp3) is 0.580. The summed E-state index contributed by atoms with van der Waals surface area (Å²) in [5.74, 6) is -0.971. The van der Waals surface area contributed by atoms with E-state index in [2.05, 4.69) is 179 Å². The van der Waals surface area contributed by atoms with Gasteiger partial charge in [0.25, 0.3) is 0 Å². The minimum absolute atomic E-state index is 0.107. The molecule has 0 spiro atoms. The Kier molecular flexibility index (Phi) is 57.5. The molecule has 0 N–H and O–H groups in total. The lowest BCUT2D eigenvalue weighted by Crippen LogP contribution is -2.30. The molecule has 0 aliphatic rings. The normalized spacial score (nSPS) is 13.3. The van der Waals surface area contributed by atoms with E-state index < -0.39 is 6.10 Å². The summed E-state index contributed by atoms with van der Waals surface area (Å²) >= 11 is 0.